The summed E-state index contributed by atoms with van der Waals surface area (Å²) in [5.41, 5.74) is 3.78. The molecule has 2 aromatic carbocycles. The van der Waals surface area contributed by atoms with Gasteiger partial charge >= 0.3 is 0 Å². The highest BCUT2D eigenvalue weighted by Gasteiger charge is 2.05. The highest BCUT2D eigenvalue weighted by molar-refractivity contribution is 9.10. The van der Waals surface area contributed by atoms with Crippen LogP contribution < -0.4 is 10.1 Å². The second kappa shape index (κ2) is 6.44. The van der Waals surface area contributed by atoms with Crippen LogP contribution in [0.25, 0.3) is 0 Å². The van der Waals surface area contributed by atoms with Crippen LogP contribution in [0.1, 0.15) is 16.7 Å². The molecular weight excluding hydrogens is 316 g/mol. The SMILES string of the molecule is COc1ccc(Br)cc1CNc1cc(C#N)ccc1C. The second-order valence-electron chi connectivity index (χ2n) is 4.45. The molecule has 0 bridgehead atoms. The number of nitriles is 1. The van der Waals surface area contributed by atoms with Crippen molar-refractivity contribution in [1.82, 2.24) is 0 Å². The molecule has 2 rings (SSSR count). The van der Waals surface area contributed by atoms with Crippen LogP contribution in [0, 0.1) is 18.3 Å². The van der Waals surface area contributed by atoms with Gasteiger partial charge in [0.1, 0.15) is 5.75 Å². The van der Waals surface area contributed by atoms with E-state index in [2.05, 4.69) is 27.3 Å². The van der Waals surface area contributed by atoms with Gasteiger partial charge in [-0.25, -0.2) is 0 Å². The average molecular weight is 331 g/mol. The number of anilines is 1. The zero-order valence-corrected chi connectivity index (χ0v) is 13.0. The number of nitrogens with one attached hydrogen (secondary N) is 1. The van der Waals surface area contributed by atoms with Crippen molar-refractivity contribution in [3.05, 3.63) is 57.6 Å². The lowest BCUT2D eigenvalue weighted by Gasteiger charge is -2.13. The predicted molar refractivity (Wildman–Crippen MR) is 83.9 cm³/mol. The van der Waals surface area contributed by atoms with E-state index in [0.717, 1.165) is 27.0 Å². The lowest BCUT2D eigenvalue weighted by atomic mass is 10.1. The van der Waals surface area contributed by atoms with Gasteiger partial charge in [-0.1, -0.05) is 22.0 Å². The number of halogens is 1. The third-order valence-electron chi connectivity index (χ3n) is 3.08. The normalized spacial score (nSPS) is 9.90. The Morgan fingerprint density at radius 3 is 2.75 bits per heavy atom. The maximum Gasteiger partial charge on any atom is 0.123 e. The van der Waals surface area contributed by atoms with Crippen LogP contribution in [0.5, 0.6) is 5.75 Å². The molecule has 0 unspecified atom stereocenters. The van der Waals surface area contributed by atoms with Crippen LogP contribution >= 0.6 is 15.9 Å². The maximum atomic E-state index is 8.95. The van der Waals surface area contributed by atoms with Crippen molar-refractivity contribution in [3.8, 4) is 11.8 Å². The summed E-state index contributed by atoms with van der Waals surface area (Å²) in [5.74, 6) is 0.842. The summed E-state index contributed by atoms with van der Waals surface area (Å²) in [7, 11) is 1.66. The molecule has 4 heteroatoms. The Balaban J connectivity index is 2.21. The molecule has 0 spiro atoms. The smallest absolute Gasteiger partial charge is 0.123 e. The van der Waals surface area contributed by atoms with Crippen molar-refractivity contribution in [2.75, 3.05) is 12.4 Å². The molecule has 0 radical (unpaired) electrons. The van der Waals surface area contributed by atoms with E-state index in [1.807, 2.05) is 43.3 Å². The molecule has 1 N–H and O–H groups in total. The monoisotopic (exact) mass is 330 g/mol. The fourth-order valence-corrected chi connectivity index (χ4v) is 2.37. The molecule has 0 aliphatic heterocycles. The van der Waals surface area contributed by atoms with Gasteiger partial charge in [-0.3, -0.25) is 0 Å². The van der Waals surface area contributed by atoms with E-state index in [-0.39, 0.29) is 0 Å². The first kappa shape index (κ1) is 14.4. The lowest BCUT2D eigenvalue weighted by molar-refractivity contribution is 0.410. The first-order valence-corrected chi connectivity index (χ1v) is 7.00. The predicted octanol–water partition coefficient (Wildman–Crippen LogP) is 4.25. The summed E-state index contributed by atoms with van der Waals surface area (Å²) in [5, 5.41) is 12.3. The number of hydrogen-bond donors (Lipinski definition) is 1. The summed E-state index contributed by atoms with van der Waals surface area (Å²) in [6.45, 7) is 2.65. The standard InChI is InChI=1S/C16H15BrN2O/c1-11-3-4-12(9-18)7-15(11)19-10-13-8-14(17)5-6-16(13)20-2/h3-8,19H,10H2,1-2H3. The Kier molecular flexibility index (Phi) is 4.65. The van der Waals surface area contributed by atoms with Gasteiger partial charge in [0.25, 0.3) is 0 Å². The van der Waals surface area contributed by atoms with E-state index >= 15 is 0 Å². The van der Waals surface area contributed by atoms with Gasteiger partial charge in [0.15, 0.2) is 0 Å². The fourth-order valence-electron chi connectivity index (χ4n) is 1.96. The number of nitrogens with zero attached hydrogens (tertiary/aromatic N) is 1. The minimum atomic E-state index is 0.637. The van der Waals surface area contributed by atoms with Gasteiger partial charge in [0.05, 0.1) is 18.7 Å². The van der Waals surface area contributed by atoms with Crippen molar-refractivity contribution in [3.63, 3.8) is 0 Å². The fraction of sp³-hybridized carbons (Fsp3) is 0.188. The molecule has 0 saturated carbocycles. The van der Waals surface area contributed by atoms with E-state index < -0.39 is 0 Å². The van der Waals surface area contributed by atoms with Gasteiger partial charge in [-0.05, 0) is 42.8 Å². The zero-order valence-electron chi connectivity index (χ0n) is 11.4. The summed E-state index contributed by atoms with van der Waals surface area (Å²) >= 11 is 3.46. The Bertz CT molecular complexity index is 660. The molecule has 20 heavy (non-hydrogen) atoms. The Labute approximate surface area is 127 Å². The van der Waals surface area contributed by atoms with Gasteiger partial charge in [0.2, 0.25) is 0 Å². The third kappa shape index (κ3) is 3.31. The minimum absolute atomic E-state index is 0.637. The summed E-state index contributed by atoms with van der Waals surface area (Å²) < 4.78 is 6.36. The van der Waals surface area contributed by atoms with Gasteiger partial charge in [-0.2, -0.15) is 5.26 Å². The van der Waals surface area contributed by atoms with Crippen LogP contribution in [-0.2, 0) is 6.54 Å². The van der Waals surface area contributed by atoms with Gasteiger partial charge in [-0.15, -0.1) is 0 Å². The molecule has 0 amide bonds. The number of benzene rings is 2. The third-order valence-corrected chi connectivity index (χ3v) is 3.57. The van der Waals surface area contributed by atoms with Crippen molar-refractivity contribution in [2.24, 2.45) is 0 Å². The molecule has 0 heterocycles. The minimum Gasteiger partial charge on any atom is -0.496 e. The number of ether oxygens (including phenoxy) is 1. The van der Waals surface area contributed by atoms with Crippen LogP contribution in [0.4, 0.5) is 5.69 Å². The number of aryl methyl sites for hydroxylation is 1. The van der Waals surface area contributed by atoms with E-state index in [0.29, 0.717) is 12.1 Å². The lowest BCUT2D eigenvalue weighted by Crippen LogP contribution is -2.03. The Morgan fingerprint density at radius 2 is 2.05 bits per heavy atom. The molecule has 2 aromatic rings. The summed E-state index contributed by atoms with van der Waals surface area (Å²) in [6.07, 6.45) is 0. The summed E-state index contributed by atoms with van der Waals surface area (Å²) in [6, 6.07) is 13.7. The number of methoxy groups -OCH3 is 1. The van der Waals surface area contributed by atoms with Gasteiger partial charge in [0, 0.05) is 22.3 Å². The summed E-state index contributed by atoms with van der Waals surface area (Å²) in [4.78, 5) is 0. The molecule has 0 aliphatic carbocycles. The molecule has 3 nitrogen and oxygen atoms in total. The quantitative estimate of drug-likeness (QED) is 0.911. The Morgan fingerprint density at radius 1 is 1.25 bits per heavy atom. The van der Waals surface area contributed by atoms with E-state index in [9.17, 15) is 0 Å². The molecule has 0 fully saturated rings. The largest absolute Gasteiger partial charge is 0.496 e. The van der Waals surface area contributed by atoms with E-state index in [4.69, 9.17) is 10.00 Å². The molecule has 102 valence electrons. The van der Waals surface area contributed by atoms with Crippen LogP contribution in [0.15, 0.2) is 40.9 Å². The number of hydrogen-bond acceptors (Lipinski definition) is 3. The molecule has 0 atom stereocenters. The topological polar surface area (TPSA) is 45.0 Å². The Hall–Kier alpha value is -1.99. The zero-order chi connectivity index (χ0) is 14.5. The van der Waals surface area contributed by atoms with Crippen LogP contribution in [0.2, 0.25) is 0 Å². The van der Waals surface area contributed by atoms with E-state index in [1.165, 1.54) is 0 Å². The van der Waals surface area contributed by atoms with Crippen molar-refractivity contribution >= 4 is 21.6 Å². The van der Waals surface area contributed by atoms with Gasteiger partial charge < -0.3 is 10.1 Å². The van der Waals surface area contributed by atoms with Crippen LogP contribution in [0.3, 0.4) is 0 Å². The van der Waals surface area contributed by atoms with Crippen LogP contribution in [-0.4, -0.2) is 7.11 Å². The first-order valence-electron chi connectivity index (χ1n) is 6.21. The molecule has 0 aromatic heterocycles. The highest BCUT2D eigenvalue weighted by atomic mass is 79.9. The molecule has 0 saturated heterocycles. The average Bonchev–Trinajstić information content (AvgIpc) is 2.46. The first-order chi connectivity index (χ1) is 9.63. The molecule has 0 aliphatic rings. The van der Waals surface area contributed by atoms with Crippen molar-refractivity contribution < 1.29 is 4.74 Å². The van der Waals surface area contributed by atoms with Crippen molar-refractivity contribution in [1.29, 1.82) is 5.26 Å². The maximum absolute atomic E-state index is 8.95. The molecular formula is C16H15BrN2O. The number of rotatable bonds is 4. The second-order valence-corrected chi connectivity index (χ2v) is 5.37. The van der Waals surface area contributed by atoms with Crippen molar-refractivity contribution in [2.45, 2.75) is 13.5 Å². The van der Waals surface area contributed by atoms with E-state index in [1.54, 1.807) is 7.11 Å². The highest BCUT2D eigenvalue weighted by Crippen LogP contribution is 2.25.